The molecule has 0 aromatic rings. The molecule has 82 valence electrons. The van der Waals surface area contributed by atoms with Crippen molar-refractivity contribution in [3.63, 3.8) is 0 Å². The molecule has 0 spiro atoms. The van der Waals surface area contributed by atoms with E-state index in [-0.39, 0.29) is 0 Å². The third-order valence-corrected chi connectivity index (χ3v) is 3.59. The largest absolute Gasteiger partial charge is 0.396 e. The summed E-state index contributed by atoms with van der Waals surface area (Å²) in [5.74, 6) is 0. The number of nitrogens with zero attached hydrogens (tertiary/aromatic N) is 1. The quantitative estimate of drug-likeness (QED) is 0.649. The van der Waals surface area contributed by atoms with Crippen LogP contribution < -0.4 is 5.32 Å². The SMILES string of the molecule is OCCCNC1CCN2CCCC2C1. The standard InChI is InChI=1S/C11H22N2O/c14-8-2-5-12-10-4-7-13-6-1-3-11(13)9-10/h10-12,14H,1-9H2. The minimum Gasteiger partial charge on any atom is -0.396 e. The van der Waals surface area contributed by atoms with Crippen molar-refractivity contribution in [3.8, 4) is 0 Å². The Morgan fingerprint density at radius 1 is 1.29 bits per heavy atom. The summed E-state index contributed by atoms with van der Waals surface area (Å²) in [6.45, 7) is 3.90. The lowest BCUT2D eigenvalue weighted by molar-refractivity contribution is 0.165. The fraction of sp³-hybridized carbons (Fsp3) is 1.00. The lowest BCUT2D eigenvalue weighted by atomic mass is 9.97. The second-order valence-corrected chi connectivity index (χ2v) is 4.58. The predicted molar refractivity (Wildman–Crippen MR) is 57.3 cm³/mol. The van der Waals surface area contributed by atoms with Gasteiger partial charge >= 0.3 is 0 Å². The topological polar surface area (TPSA) is 35.5 Å². The van der Waals surface area contributed by atoms with E-state index in [1.165, 1.54) is 38.8 Å². The Labute approximate surface area is 86.5 Å². The Kier molecular flexibility index (Phi) is 3.79. The van der Waals surface area contributed by atoms with E-state index in [0.29, 0.717) is 12.6 Å². The number of aliphatic hydroxyl groups is 1. The van der Waals surface area contributed by atoms with E-state index in [1.54, 1.807) is 0 Å². The first-order valence-corrected chi connectivity index (χ1v) is 5.98. The second kappa shape index (κ2) is 5.10. The van der Waals surface area contributed by atoms with Gasteiger partial charge in [-0.3, -0.25) is 0 Å². The second-order valence-electron chi connectivity index (χ2n) is 4.58. The van der Waals surface area contributed by atoms with E-state index in [0.717, 1.165) is 19.0 Å². The molecular weight excluding hydrogens is 176 g/mol. The van der Waals surface area contributed by atoms with Crippen LogP contribution in [0, 0.1) is 0 Å². The predicted octanol–water partition coefficient (Wildman–Crippen LogP) is 0.585. The molecule has 0 amide bonds. The highest BCUT2D eigenvalue weighted by molar-refractivity contribution is 4.88. The van der Waals surface area contributed by atoms with Crippen LogP contribution in [0.3, 0.4) is 0 Å². The summed E-state index contributed by atoms with van der Waals surface area (Å²) in [6, 6.07) is 1.57. The van der Waals surface area contributed by atoms with E-state index in [9.17, 15) is 0 Å². The Morgan fingerprint density at radius 3 is 3.07 bits per heavy atom. The molecule has 2 fully saturated rings. The Bertz CT molecular complexity index is 175. The molecule has 2 atom stereocenters. The van der Waals surface area contributed by atoms with Crippen LogP contribution in [-0.4, -0.2) is 48.3 Å². The number of piperidine rings is 1. The first kappa shape index (κ1) is 10.4. The number of hydrogen-bond acceptors (Lipinski definition) is 3. The third kappa shape index (κ3) is 2.47. The first-order valence-electron chi connectivity index (χ1n) is 5.98. The highest BCUT2D eigenvalue weighted by Gasteiger charge is 2.30. The molecule has 0 aromatic carbocycles. The summed E-state index contributed by atoms with van der Waals surface area (Å²) in [7, 11) is 0. The smallest absolute Gasteiger partial charge is 0.0443 e. The maximum Gasteiger partial charge on any atom is 0.0443 e. The van der Waals surface area contributed by atoms with Gasteiger partial charge in [0.1, 0.15) is 0 Å². The van der Waals surface area contributed by atoms with E-state index in [4.69, 9.17) is 5.11 Å². The van der Waals surface area contributed by atoms with Crippen LogP contribution in [0.1, 0.15) is 32.1 Å². The number of aliphatic hydroxyl groups excluding tert-OH is 1. The van der Waals surface area contributed by atoms with Crippen LogP contribution in [0.4, 0.5) is 0 Å². The minimum atomic E-state index is 0.315. The van der Waals surface area contributed by atoms with Gasteiger partial charge in [0.25, 0.3) is 0 Å². The Hall–Kier alpha value is -0.120. The number of rotatable bonds is 4. The normalized spacial score (nSPS) is 33.2. The summed E-state index contributed by atoms with van der Waals surface area (Å²) in [5, 5.41) is 12.2. The molecule has 0 bridgehead atoms. The molecule has 2 rings (SSSR count). The monoisotopic (exact) mass is 198 g/mol. The molecule has 14 heavy (non-hydrogen) atoms. The zero-order valence-electron chi connectivity index (χ0n) is 8.91. The van der Waals surface area contributed by atoms with Gasteiger partial charge in [-0.15, -0.1) is 0 Å². The van der Waals surface area contributed by atoms with Gasteiger partial charge in [-0.05, 0) is 51.7 Å². The van der Waals surface area contributed by atoms with Gasteiger partial charge in [0.15, 0.2) is 0 Å². The molecule has 0 aromatic heterocycles. The third-order valence-electron chi connectivity index (χ3n) is 3.59. The molecule has 0 radical (unpaired) electrons. The van der Waals surface area contributed by atoms with Crippen molar-refractivity contribution < 1.29 is 5.11 Å². The summed E-state index contributed by atoms with van der Waals surface area (Å²) in [6.07, 6.45) is 6.31. The lowest BCUT2D eigenvalue weighted by Gasteiger charge is -2.35. The van der Waals surface area contributed by atoms with Crippen molar-refractivity contribution in [2.24, 2.45) is 0 Å². The van der Waals surface area contributed by atoms with Crippen LogP contribution in [0.2, 0.25) is 0 Å². The molecule has 2 aliphatic rings. The highest BCUT2D eigenvalue weighted by atomic mass is 16.3. The van der Waals surface area contributed by atoms with Gasteiger partial charge in [-0.25, -0.2) is 0 Å². The maximum atomic E-state index is 8.70. The van der Waals surface area contributed by atoms with Crippen LogP contribution in [0.5, 0.6) is 0 Å². The summed E-state index contributed by atoms with van der Waals surface area (Å²) in [4.78, 5) is 2.64. The average molecular weight is 198 g/mol. The van der Waals surface area contributed by atoms with E-state index in [1.807, 2.05) is 0 Å². The Morgan fingerprint density at radius 2 is 2.21 bits per heavy atom. The maximum absolute atomic E-state index is 8.70. The molecule has 3 nitrogen and oxygen atoms in total. The first-order chi connectivity index (χ1) is 6.90. The molecule has 0 aliphatic carbocycles. The van der Waals surface area contributed by atoms with Crippen molar-refractivity contribution in [2.75, 3.05) is 26.2 Å². The van der Waals surface area contributed by atoms with Crippen LogP contribution in [-0.2, 0) is 0 Å². The fourth-order valence-electron chi connectivity index (χ4n) is 2.80. The molecule has 2 heterocycles. The van der Waals surface area contributed by atoms with E-state index in [2.05, 4.69) is 10.2 Å². The molecule has 2 aliphatic heterocycles. The minimum absolute atomic E-state index is 0.315. The van der Waals surface area contributed by atoms with Gasteiger partial charge in [0, 0.05) is 18.7 Å². The zero-order chi connectivity index (χ0) is 9.80. The van der Waals surface area contributed by atoms with Crippen LogP contribution >= 0.6 is 0 Å². The summed E-state index contributed by atoms with van der Waals surface area (Å²) in [5.41, 5.74) is 0. The summed E-state index contributed by atoms with van der Waals surface area (Å²) >= 11 is 0. The van der Waals surface area contributed by atoms with Crippen molar-refractivity contribution in [2.45, 2.75) is 44.2 Å². The van der Waals surface area contributed by atoms with Gasteiger partial charge in [-0.1, -0.05) is 0 Å². The van der Waals surface area contributed by atoms with Gasteiger partial charge in [0.2, 0.25) is 0 Å². The van der Waals surface area contributed by atoms with Crippen LogP contribution in [0.25, 0.3) is 0 Å². The molecule has 2 unspecified atom stereocenters. The zero-order valence-corrected chi connectivity index (χ0v) is 8.91. The molecular formula is C11H22N2O. The molecule has 2 saturated heterocycles. The molecule has 0 saturated carbocycles. The molecule has 3 heteroatoms. The van der Waals surface area contributed by atoms with E-state index >= 15 is 0 Å². The van der Waals surface area contributed by atoms with Crippen LogP contribution in [0.15, 0.2) is 0 Å². The van der Waals surface area contributed by atoms with Gasteiger partial charge < -0.3 is 15.3 Å². The number of nitrogens with one attached hydrogen (secondary N) is 1. The van der Waals surface area contributed by atoms with Crippen molar-refractivity contribution in [3.05, 3.63) is 0 Å². The fourth-order valence-corrected chi connectivity index (χ4v) is 2.80. The van der Waals surface area contributed by atoms with Gasteiger partial charge in [-0.2, -0.15) is 0 Å². The number of hydrogen-bond donors (Lipinski definition) is 2. The van der Waals surface area contributed by atoms with Gasteiger partial charge in [0.05, 0.1) is 0 Å². The van der Waals surface area contributed by atoms with Crippen molar-refractivity contribution in [1.29, 1.82) is 0 Å². The highest BCUT2D eigenvalue weighted by Crippen LogP contribution is 2.26. The van der Waals surface area contributed by atoms with Crippen molar-refractivity contribution >= 4 is 0 Å². The Balaban J connectivity index is 1.69. The lowest BCUT2D eigenvalue weighted by Crippen LogP contribution is -2.45. The average Bonchev–Trinajstić information content (AvgIpc) is 2.65. The van der Waals surface area contributed by atoms with Crippen molar-refractivity contribution in [1.82, 2.24) is 10.2 Å². The number of fused-ring (bicyclic) bond motifs is 1. The van der Waals surface area contributed by atoms with E-state index < -0.39 is 0 Å². The molecule has 2 N–H and O–H groups in total. The summed E-state index contributed by atoms with van der Waals surface area (Å²) < 4.78 is 0.